The van der Waals surface area contributed by atoms with Crippen LogP contribution in [-0.2, 0) is 9.47 Å². The quantitative estimate of drug-likeness (QED) is 0.837. The molecule has 0 amide bonds. The maximum Gasteiger partial charge on any atom is 0.167 e. The maximum absolute atomic E-state index is 6.04. The molecule has 20 heavy (non-hydrogen) atoms. The van der Waals surface area contributed by atoms with Crippen molar-refractivity contribution in [3.63, 3.8) is 0 Å². The van der Waals surface area contributed by atoms with E-state index in [1.165, 1.54) is 6.33 Å². The molecule has 0 spiro atoms. The highest BCUT2D eigenvalue weighted by molar-refractivity contribution is 5.81. The van der Waals surface area contributed by atoms with Gasteiger partial charge in [0, 0.05) is 20.2 Å². The number of nitrogens with two attached hydrogens (primary N) is 1. The molecule has 2 aromatic rings. The molecule has 0 aliphatic carbocycles. The van der Waals surface area contributed by atoms with Gasteiger partial charge in [0.05, 0.1) is 19.0 Å². The van der Waals surface area contributed by atoms with Gasteiger partial charge >= 0.3 is 0 Å². The minimum absolute atomic E-state index is 0.0281. The van der Waals surface area contributed by atoms with Crippen LogP contribution in [0.25, 0.3) is 11.2 Å². The summed E-state index contributed by atoms with van der Waals surface area (Å²) in [4.78, 5) is 14.7. The normalized spacial score (nSPS) is 24.3. The summed E-state index contributed by atoms with van der Waals surface area (Å²) in [6.45, 7) is 2.16. The molecule has 1 aliphatic heterocycles. The Kier molecular flexibility index (Phi) is 3.51. The molecule has 108 valence electrons. The van der Waals surface area contributed by atoms with Crippen LogP contribution in [0.1, 0.15) is 6.23 Å². The number of aromatic nitrogens is 4. The van der Waals surface area contributed by atoms with Crippen molar-refractivity contribution in [2.75, 3.05) is 39.6 Å². The van der Waals surface area contributed by atoms with Crippen molar-refractivity contribution >= 4 is 17.0 Å². The van der Waals surface area contributed by atoms with E-state index in [9.17, 15) is 0 Å². The first-order chi connectivity index (χ1) is 9.69. The van der Waals surface area contributed by atoms with Crippen LogP contribution >= 0.6 is 0 Å². The summed E-state index contributed by atoms with van der Waals surface area (Å²) in [7, 11) is 3.73. The van der Waals surface area contributed by atoms with Crippen molar-refractivity contribution < 1.29 is 9.47 Å². The zero-order chi connectivity index (χ0) is 14.1. The lowest BCUT2D eigenvalue weighted by Gasteiger charge is -2.36. The first-order valence-electron chi connectivity index (χ1n) is 6.45. The van der Waals surface area contributed by atoms with Crippen LogP contribution in [0.4, 0.5) is 5.82 Å². The van der Waals surface area contributed by atoms with Gasteiger partial charge in [-0.25, -0.2) is 15.0 Å². The second-order valence-corrected chi connectivity index (χ2v) is 4.97. The Labute approximate surface area is 116 Å². The topological polar surface area (TPSA) is 91.3 Å². The third kappa shape index (κ3) is 2.33. The van der Waals surface area contributed by atoms with Gasteiger partial charge in [0.25, 0.3) is 0 Å². The first-order valence-corrected chi connectivity index (χ1v) is 6.45. The minimum atomic E-state index is -0.159. The highest BCUT2D eigenvalue weighted by atomic mass is 16.5. The smallest absolute Gasteiger partial charge is 0.167 e. The van der Waals surface area contributed by atoms with Crippen LogP contribution in [0.15, 0.2) is 12.7 Å². The zero-order valence-corrected chi connectivity index (χ0v) is 11.6. The molecule has 1 aliphatic rings. The number of rotatable bonds is 3. The van der Waals surface area contributed by atoms with Crippen LogP contribution in [0.5, 0.6) is 0 Å². The Morgan fingerprint density at radius 2 is 2.25 bits per heavy atom. The van der Waals surface area contributed by atoms with Crippen LogP contribution in [-0.4, -0.2) is 64.4 Å². The Morgan fingerprint density at radius 1 is 1.40 bits per heavy atom. The van der Waals surface area contributed by atoms with E-state index in [0.29, 0.717) is 23.6 Å². The SMILES string of the molecule is COCC1CN(C)CC(n2cnc3c(N)ncnc32)O1. The third-order valence-corrected chi connectivity index (χ3v) is 3.38. The summed E-state index contributed by atoms with van der Waals surface area (Å²) in [5.41, 5.74) is 7.10. The zero-order valence-electron chi connectivity index (χ0n) is 11.6. The average Bonchev–Trinajstić information content (AvgIpc) is 2.84. The lowest BCUT2D eigenvalue weighted by atomic mass is 10.3. The van der Waals surface area contributed by atoms with E-state index in [1.807, 2.05) is 4.57 Å². The molecule has 3 rings (SSSR count). The number of likely N-dealkylation sites (N-methyl/N-ethyl adjacent to an activating group) is 1. The number of hydrogen-bond donors (Lipinski definition) is 1. The average molecular weight is 278 g/mol. The van der Waals surface area contributed by atoms with Gasteiger partial charge in [-0.1, -0.05) is 0 Å². The number of fused-ring (bicyclic) bond motifs is 1. The van der Waals surface area contributed by atoms with Crippen molar-refractivity contribution in [1.29, 1.82) is 0 Å². The van der Waals surface area contributed by atoms with E-state index in [2.05, 4.69) is 26.9 Å². The molecule has 2 N–H and O–H groups in total. The fourth-order valence-corrected chi connectivity index (χ4v) is 2.51. The molecule has 1 saturated heterocycles. The molecule has 2 atom stereocenters. The predicted molar refractivity (Wildman–Crippen MR) is 73.0 cm³/mol. The van der Waals surface area contributed by atoms with Gasteiger partial charge in [0.2, 0.25) is 0 Å². The molecule has 0 saturated carbocycles. The van der Waals surface area contributed by atoms with Gasteiger partial charge in [0.1, 0.15) is 18.1 Å². The Balaban J connectivity index is 1.92. The molecule has 8 heteroatoms. The number of imidazole rings is 1. The summed E-state index contributed by atoms with van der Waals surface area (Å²) in [6.07, 6.45) is 3.01. The summed E-state index contributed by atoms with van der Waals surface area (Å²) in [5.74, 6) is 0.381. The highest BCUT2D eigenvalue weighted by Gasteiger charge is 2.28. The standard InChI is InChI=1S/C12H18N6O2/c1-17-3-8(5-19-2)20-9(4-17)18-7-16-10-11(13)14-6-15-12(10)18/h6-9H,3-5H2,1-2H3,(H2,13,14,15). The van der Waals surface area contributed by atoms with E-state index in [1.54, 1.807) is 13.4 Å². The molecule has 2 aromatic heterocycles. The van der Waals surface area contributed by atoms with E-state index in [4.69, 9.17) is 15.2 Å². The van der Waals surface area contributed by atoms with Crippen LogP contribution in [0.2, 0.25) is 0 Å². The molecule has 0 radical (unpaired) electrons. The Bertz CT molecular complexity index is 601. The van der Waals surface area contributed by atoms with Crippen molar-refractivity contribution in [2.45, 2.75) is 12.3 Å². The minimum Gasteiger partial charge on any atom is -0.382 e. The summed E-state index contributed by atoms with van der Waals surface area (Å²) in [5, 5.41) is 0. The molecule has 3 heterocycles. The fraction of sp³-hybridized carbons (Fsp3) is 0.583. The molecule has 1 fully saturated rings. The highest BCUT2D eigenvalue weighted by Crippen LogP contribution is 2.24. The number of methoxy groups -OCH3 is 1. The summed E-state index contributed by atoms with van der Waals surface area (Å²) < 4.78 is 13.1. The first kappa shape index (κ1) is 13.2. The summed E-state index contributed by atoms with van der Waals surface area (Å²) >= 11 is 0. The summed E-state index contributed by atoms with van der Waals surface area (Å²) in [6, 6.07) is 0. The van der Waals surface area contributed by atoms with Crippen LogP contribution in [0.3, 0.4) is 0 Å². The van der Waals surface area contributed by atoms with E-state index in [-0.39, 0.29) is 12.3 Å². The second kappa shape index (κ2) is 5.31. The number of nitrogens with zero attached hydrogens (tertiary/aromatic N) is 5. The number of anilines is 1. The molecular formula is C12H18N6O2. The molecule has 0 aromatic carbocycles. The molecule has 8 nitrogen and oxygen atoms in total. The van der Waals surface area contributed by atoms with E-state index < -0.39 is 0 Å². The fourth-order valence-electron chi connectivity index (χ4n) is 2.51. The monoisotopic (exact) mass is 278 g/mol. The van der Waals surface area contributed by atoms with Gasteiger partial charge in [-0.05, 0) is 7.05 Å². The molecular weight excluding hydrogens is 260 g/mol. The van der Waals surface area contributed by atoms with Crippen molar-refractivity contribution in [2.24, 2.45) is 0 Å². The number of morpholine rings is 1. The van der Waals surface area contributed by atoms with Gasteiger partial charge in [-0.15, -0.1) is 0 Å². The molecule has 2 unspecified atom stereocenters. The largest absolute Gasteiger partial charge is 0.382 e. The number of ether oxygens (including phenoxy) is 2. The van der Waals surface area contributed by atoms with Crippen molar-refractivity contribution in [1.82, 2.24) is 24.4 Å². The van der Waals surface area contributed by atoms with Crippen molar-refractivity contribution in [3.8, 4) is 0 Å². The van der Waals surface area contributed by atoms with Crippen LogP contribution in [0, 0.1) is 0 Å². The Morgan fingerprint density at radius 3 is 3.05 bits per heavy atom. The van der Waals surface area contributed by atoms with Gasteiger partial charge < -0.3 is 15.2 Å². The van der Waals surface area contributed by atoms with Gasteiger partial charge in [-0.3, -0.25) is 9.47 Å². The predicted octanol–water partition coefficient (Wildman–Crippen LogP) is -0.116. The third-order valence-electron chi connectivity index (χ3n) is 3.38. The second-order valence-electron chi connectivity index (χ2n) is 4.97. The number of nitrogen functional groups attached to an aromatic ring is 1. The number of hydrogen-bond acceptors (Lipinski definition) is 7. The lowest BCUT2D eigenvalue weighted by Crippen LogP contribution is -2.45. The van der Waals surface area contributed by atoms with E-state index in [0.717, 1.165) is 13.1 Å². The van der Waals surface area contributed by atoms with Gasteiger partial charge in [0.15, 0.2) is 11.5 Å². The van der Waals surface area contributed by atoms with Crippen molar-refractivity contribution in [3.05, 3.63) is 12.7 Å². The maximum atomic E-state index is 6.04. The van der Waals surface area contributed by atoms with Crippen LogP contribution < -0.4 is 5.73 Å². The van der Waals surface area contributed by atoms with Gasteiger partial charge in [-0.2, -0.15) is 0 Å². The van der Waals surface area contributed by atoms with E-state index >= 15 is 0 Å². The lowest BCUT2D eigenvalue weighted by molar-refractivity contribution is -0.132. The molecule has 0 bridgehead atoms. The Hall–Kier alpha value is -1.77.